The summed E-state index contributed by atoms with van der Waals surface area (Å²) < 4.78 is 28.3. The van der Waals surface area contributed by atoms with E-state index in [4.69, 9.17) is 10.5 Å². The predicted octanol–water partition coefficient (Wildman–Crippen LogP) is 4.96. The minimum atomic E-state index is -3.93. The van der Waals surface area contributed by atoms with Crippen LogP contribution in [0.1, 0.15) is 28.8 Å². The van der Waals surface area contributed by atoms with E-state index in [1.54, 1.807) is 4.90 Å². The number of nitrogens with zero attached hydrogens (tertiary/aromatic N) is 5. The van der Waals surface area contributed by atoms with Crippen molar-refractivity contribution in [2.45, 2.75) is 24.3 Å². The molecule has 10 heteroatoms. The number of hydrogen-bond acceptors (Lipinski definition) is 7. The van der Waals surface area contributed by atoms with Crippen LogP contribution in [0.3, 0.4) is 0 Å². The van der Waals surface area contributed by atoms with Crippen molar-refractivity contribution in [1.29, 1.82) is 10.5 Å². The first-order valence-electron chi connectivity index (χ1n) is 11.5. The zero-order valence-electron chi connectivity index (χ0n) is 19.8. The van der Waals surface area contributed by atoms with Crippen LogP contribution in [0.25, 0.3) is 10.2 Å². The summed E-state index contributed by atoms with van der Waals surface area (Å²) in [6, 6.07) is 26.8. The molecule has 0 fully saturated rings. The highest BCUT2D eigenvalue weighted by Crippen LogP contribution is 2.31. The molecule has 186 valence electrons. The molecule has 4 aromatic rings. The van der Waals surface area contributed by atoms with Crippen molar-refractivity contribution < 1.29 is 13.2 Å². The number of anilines is 1. The molecule has 0 aliphatic heterocycles. The lowest BCUT2D eigenvalue weighted by Crippen LogP contribution is -2.33. The van der Waals surface area contributed by atoms with Crippen LogP contribution in [0, 0.1) is 22.7 Å². The fraction of sp³-hybridized carbons (Fsp3) is 0.185. The van der Waals surface area contributed by atoms with Crippen LogP contribution in [-0.2, 0) is 16.6 Å². The van der Waals surface area contributed by atoms with E-state index in [-0.39, 0.29) is 36.7 Å². The Morgan fingerprint density at radius 3 is 2.11 bits per heavy atom. The molecule has 0 bridgehead atoms. The van der Waals surface area contributed by atoms with E-state index in [0.29, 0.717) is 17.2 Å². The van der Waals surface area contributed by atoms with Gasteiger partial charge in [0.05, 0.1) is 33.8 Å². The number of sulfonamides is 1. The van der Waals surface area contributed by atoms with Crippen LogP contribution >= 0.6 is 11.3 Å². The molecular formula is C27H23N5O3S2. The fourth-order valence-electron chi connectivity index (χ4n) is 3.74. The van der Waals surface area contributed by atoms with Gasteiger partial charge in [0, 0.05) is 31.5 Å². The zero-order valence-corrected chi connectivity index (χ0v) is 21.5. The second kappa shape index (κ2) is 11.8. The van der Waals surface area contributed by atoms with Gasteiger partial charge in [-0.1, -0.05) is 53.8 Å². The molecule has 8 nitrogen and oxygen atoms in total. The number of benzene rings is 3. The number of carbonyl (C=O) groups excluding carboxylic acids is 1. The number of hydrogen-bond donors (Lipinski definition) is 0. The van der Waals surface area contributed by atoms with Gasteiger partial charge in [0.2, 0.25) is 10.0 Å². The quantitative estimate of drug-likeness (QED) is 0.286. The Morgan fingerprint density at radius 2 is 1.49 bits per heavy atom. The molecule has 0 radical (unpaired) electrons. The number of nitriles is 2. The van der Waals surface area contributed by atoms with Gasteiger partial charge in [-0.3, -0.25) is 9.69 Å². The minimum absolute atomic E-state index is 0.00507. The maximum absolute atomic E-state index is 13.7. The van der Waals surface area contributed by atoms with Gasteiger partial charge in [0.25, 0.3) is 5.91 Å². The van der Waals surface area contributed by atoms with Crippen molar-refractivity contribution in [2.75, 3.05) is 18.0 Å². The summed E-state index contributed by atoms with van der Waals surface area (Å²) in [5.74, 6) is -0.308. The Hall–Kier alpha value is -4.09. The zero-order chi connectivity index (χ0) is 26.3. The van der Waals surface area contributed by atoms with E-state index in [1.165, 1.54) is 35.6 Å². The molecule has 3 aromatic carbocycles. The Kier molecular flexibility index (Phi) is 8.26. The van der Waals surface area contributed by atoms with Gasteiger partial charge in [-0.15, -0.1) is 0 Å². The average Bonchev–Trinajstić information content (AvgIpc) is 3.36. The first-order chi connectivity index (χ1) is 17.9. The maximum Gasteiger partial charge on any atom is 0.260 e. The number of fused-ring (bicyclic) bond motifs is 1. The lowest BCUT2D eigenvalue weighted by Gasteiger charge is -2.21. The highest BCUT2D eigenvalue weighted by atomic mass is 32.2. The average molecular weight is 530 g/mol. The molecule has 0 unspecified atom stereocenters. The Labute approximate surface area is 219 Å². The Morgan fingerprint density at radius 1 is 0.865 bits per heavy atom. The van der Waals surface area contributed by atoms with Crippen molar-refractivity contribution >= 4 is 42.6 Å². The van der Waals surface area contributed by atoms with E-state index in [1.807, 2.05) is 66.7 Å². The van der Waals surface area contributed by atoms with E-state index < -0.39 is 10.0 Å². The molecule has 0 N–H and O–H groups in total. The van der Waals surface area contributed by atoms with Crippen LogP contribution in [0.15, 0.2) is 83.8 Å². The number of carbonyl (C=O) groups is 1. The summed E-state index contributed by atoms with van der Waals surface area (Å²) in [6.07, 6.45) is 0.0235. The summed E-state index contributed by atoms with van der Waals surface area (Å²) >= 11 is 1.41. The molecular weight excluding hydrogens is 506 g/mol. The minimum Gasteiger partial charge on any atom is -0.279 e. The van der Waals surface area contributed by atoms with Crippen molar-refractivity contribution in [3.63, 3.8) is 0 Å². The SMILES string of the molecule is N#CCCN(CCC#N)S(=O)(=O)c1ccc(C(=O)N(Cc2ccccc2)c2nc3ccccc3s2)cc1. The first-order valence-corrected chi connectivity index (χ1v) is 13.7. The van der Waals surface area contributed by atoms with Crippen molar-refractivity contribution in [3.8, 4) is 12.1 Å². The molecule has 0 spiro atoms. The predicted molar refractivity (Wildman–Crippen MR) is 142 cm³/mol. The molecule has 4 rings (SSSR count). The maximum atomic E-state index is 13.7. The van der Waals surface area contributed by atoms with E-state index in [9.17, 15) is 13.2 Å². The molecule has 0 aliphatic rings. The van der Waals surface area contributed by atoms with Gasteiger partial charge in [-0.25, -0.2) is 13.4 Å². The van der Waals surface area contributed by atoms with Gasteiger partial charge < -0.3 is 0 Å². The molecule has 1 heterocycles. The van der Waals surface area contributed by atoms with Gasteiger partial charge >= 0.3 is 0 Å². The third-order valence-electron chi connectivity index (χ3n) is 5.63. The molecule has 37 heavy (non-hydrogen) atoms. The second-order valence-corrected chi connectivity index (χ2v) is 11.0. The molecule has 0 atom stereocenters. The van der Waals surface area contributed by atoms with Crippen LogP contribution in [0.4, 0.5) is 5.13 Å². The van der Waals surface area contributed by atoms with E-state index in [2.05, 4.69) is 4.98 Å². The number of rotatable bonds is 10. The lowest BCUT2D eigenvalue weighted by molar-refractivity contribution is 0.0985. The lowest BCUT2D eigenvalue weighted by atomic mass is 10.1. The van der Waals surface area contributed by atoms with Crippen LogP contribution in [0.5, 0.6) is 0 Å². The second-order valence-electron chi connectivity index (χ2n) is 8.09. The Bertz CT molecular complexity index is 1520. The molecule has 0 saturated carbocycles. The number of amides is 1. The third-order valence-corrected chi connectivity index (χ3v) is 8.60. The van der Waals surface area contributed by atoms with Gasteiger partial charge in [0.15, 0.2) is 5.13 Å². The summed E-state index contributed by atoms with van der Waals surface area (Å²) in [5.41, 5.74) is 2.04. The monoisotopic (exact) mass is 529 g/mol. The van der Waals surface area contributed by atoms with Crippen molar-refractivity contribution in [1.82, 2.24) is 9.29 Å². The van der Waals surface area contributed by atoms with Gasteiger partial charge in [-0.2, -0.15) is 14.8 Å². The number of aromatic nitrogens is 1. The van der Waals surface area contributed by atoms with Crippen LogP contribution < -0.4 is 4.90 Å². The highest BCUT2D eigenvalue weighted by Gasteiger charge is 2.26. The topological polar surface area (TPSA) is 118 Å². The summed E-state index contributed by atoms with van der Waals surface area (Å²) in [6.45, 7) is 0.281. The largest absolute Gasteiger partial charge is 0.279 e. The van der Waals surface area contributed by atoms with Gasteiger partial charge in [-0.05, 0) is 42.0 Å². The Balaban J connectivity index is 1.64. The number of para-hydroxylation sites is 1. The third kappa shape index (κ3) is 6.01. The fourth-order valence-corrected chi connectivity index (χ4v) is 6.15. The van der Waals surface area contributed by atoms with Crippen LogP contribution in [-0.4, -0.2) is 36.7 Å². The van der Waals surface area contributed by atoms with E-state index >= 15 is 0 Å². The van der Waals surface area contributed by atoms with Crippen molar-refractivity contribution in [3.05, 3.63) is 90.0 Å². The van der Waals surface area contributed by atoms with Crippen LogP contribution in [0.2, 0.25) is 0 Å². The normalized spacial score (nSPS) is 11.2. The van der Waals surface area contributed by atoms with Crippen molar-refractivity contribution in [2.24, 2.45) is 0 Å². The summed E-state index contributed by atoms with van der Waals surface area (Å²) in [4.78, 5) is 19.9. The summed E-state index contributed by atoms with van der Waals surface area (Å²) in [5, 5.41) is 18.3. The molecule has 0 saturated heterocycles. The van der Waals surface area contributed by atoms with Gasteiger partial charge in [0.1, 0.15) is 0 Å². The first kappa shape index (κ1) is 26.0. The molecule has 1 aromatic heterocycles. The smallest absolute Gasteiger partial charge is 0.260 e. The highest BCUT2D eigenvalue weighted by molar-refractivity contribution is 7.89. The molecule has 0 aliphatic carbocycles. The number of thiazole rings is 1. The molecule has 1 amide bonds. The summed E-state index contributed by atoms with van der Waals surface area (Å²) in [7, 11) is -3.93. The standard InChI is InChI=1S/C27H23N5O3S2/c28-16-6-18-31(19-7-17-29)37(34,35)23-14-12-22(13-15-23)26(33)32(20-21-8-2-1-3-9-21)27-30-24-10-4-5-11-25(24)36-27/h1-5,8-15H,6-7,18-20H2. The van der Waals surface area contributed by atoms with E-state index in [0.717, 1.165) is 20.1 Å².